The van der Waals surface area contributed by atoms with Crippen LogP contribution in [-0.4, -0.2) is 40.3 Å². The minimum Gasteiger partial charge on any atom is -0.513 e. The average molecular weight is 579 g/mol. The molecule has 0 radical (unpaired) electrons. The van der Waals surface area contributed by atoms with Crippen molar-refractivity contribution < 1.29 is 9.90 Å². The Kier molecular flexibility index (Phi) is 6.75. The molecular weight excluding hydrogens is 552 g/mol. The number of carbonyl (C=O) groups is 1. The standard InChI is InChI=1S/C30H26N8O3S/c1-4-6-20(14-39)38-21(11-18-8-5-7-16(2)24(18)29(38)41)13-37-28-25(27(31)32-15-33-28)26(36-37)19-9-10-22-23(12-19)42-30(35-22)34-17(3)40/h4-12,14-15,39H,13H2,1-3H3,(H2,31,32,33)(H,34,35,40)/b6-4-,20-14+. The van der Waals surface area contributed by atoms with Gasteiger partial charge in [0, 0.05) is 18.2 Å². The number of anilines is 2. The minimum absolute atomic E-state index is 0.149. The van der Waals surface area contributed by atoms with E-state index in [1.807, 2.05) is 56.3 Å². The van der Waals surface area contributed by atoms with E-state index in [9.17, 15) is 14.7 Å². The molecule has 210 valence electrons. The quantitative estimate of drug-likeness (QED) is 0.179. The summed E-state index contributed by atoms with van der Waals surface area (Å²) in [6, 6.07) is 13.3. The number of rotatable bonds is 6. The zero-order valence-corrected chi connectivity index (χ0v) is 23.8. The third-order valence-corrected chi connectivity index (χ3v) is 7.81. The summed E-state index contributed by atoms with van der Waals surface area (Å²) in [6.07, 6.45) is 5.71. The molecule has 0 aliphatic carbocycles. The van der Waals surface area contributed by atoms with Gasteiger partial charge in [-0.2, -0.15) is 5.10 Å². The molecule has 1 amide bonds. The molecule has 4 heterocycles. The number of nitrogens with zero attached hydrogens (tertiary/aromatic N) is 6. The maximum absolute atomic E-state index is 13.8. The van der Waals surface area contributed by atoms with Crippen molar-refractivity contribution in [2.24, 2.45) is 0 Å². The van der Waals surface area contributed by atoms with Crippen molar-refractivity contribution in [1.29, 1.82) is 0 Å². The summed E-state index contributed by atoms with van der Waals surface area (Å²) in [7, 11) is 0. The first-order valence-electron chi connectivity index (χ1n) is 13.1. The second-order valence-corrected chi connectivity index (χ2v) is 10.7. The summed E-state index contributed by atoms with van der Waals surface area (Å²) < 4.78 is 4.03. The molecule has 0 spiro atoms. The summed E-state index contributed by atoms with van der Waals surface area (Å²) in [5.41, 5.74) is 10.4. The van der Waals surface area contributed by atoms with Crippen LogP contribution in [0.25, 0.3) is 49.0 Å². The summed E-state index contributed by atoms with van der Waals surface area (Å²) in [6.45, 7) is 5.29. The van der Waals surface area contributed by atoms with Crippen molar-refractivity contribution in [3.63, 3.8) is 0 Å². The highest BCUT2D eigenvalue weighted by atomic mass is 32.1. The highest BCUT2D eigenvalue weighted by Gasteiger charge is 2.21. The lowest BCUT2D eigenvalue weighted by Crippen LogP contribution is -2.25. The first-order chi connectivity index (χ1) is 20.3. The van der Waals surface area contributed by atoms with Crippen molar-refractivity contribution in [2.75, 3.05) is 11.1 Å². The average Bonchev–Trinajstić information content (AvgIpc) is 3.53. The van der Waals surface area contributed by atoms with Crippen LogP contribution in [0.15, 0.2) is 72.0 Å². The van der Waals surface area contributed by atoms with Gasteiger partial charge in [0.15, 0.2) is 10.8 Å². The molecule has 0 aliphatic heterocycles. The molecule has 0 unspecified atom stereocenters. The molecule has 4 aromatic heterocycles. The van der Waals surface area contributed by atoms with Gasteiger partial charge in [0.05, 0.1) is 33.2 Å². The normalized spacial score (nSPS) is 12.2. The Morgan fingerprint density at radius 2 is 2.00 bits per heavy atom. The van der Waals surface area contributed by atoms with Crippen LogP contribution < -0.4 is 16.6 Å². The molecule has 2 aromatic carbocycles. The van der Waals surface area contributed by atoms with Crippen molar-refractivity contribution in [3.8, 4) is 11.3 Å². The van der Waals surface area contributed by atoms with Crippen molar-refractivity contribution in [2.45, 2.75) is 27.3 Å². The third-order valence-electron chi connectivity index (χ3n) is 6.87. The number of nitrogens with two attached hydrogens (primary N) is 1. The molecular formula is C30H26N8O3S. The van der Waals surface area contributed by atoms with Crippen molar-refractivity contribution in [3.05, 3.63) is 88.8 Å². The van der Waals surface area contributed by atoms with E-state index in [2.05, 4.69) is 20.3 Å². The Morgan fingerprint density at radius 1 is 1.17 bits per heavy atom. The maximum atomic E-state index is 13.8. The number of aryl methyl sites for hydroxylation is 1. The van der Waals surface area contributed by atoms with Crippen LogP contribution in [0.4, 0.5) is 10.9 Å². The highest BCUT2D eigenvalue weighted by Crippen LogP contribution is 2.35. The molecule has 0 aliphatic rings. The number of amides is 1. The molecule has 6 rings (SSSR count). The zero-order valence-electron chi connectivity index (χ0n) is 23.0. The van der Waals surface area contributed by atoms with E-state index in [0.717, 1.165) is 33.0 Å². The summed E-state index contributed by atoms with van der Waals surface area (Å²) in [5.74, 6) is 0.0702. The molecule has 0 saturated heterocycles. The van der Waals surface area contributed by atoms with E-state index in [0.29, 0.717) is 38.6 Å². The van der Waals surface area contributed by atoms with Crippen LogP contribution in [0.2, 0.25) is 0 Å². The first-order valence-corrected chi connectivity index (χ1v) is 13.9. The van der Waals surface area contributed by atoms with Crippen molar-refractivity contribution in [1.82, 2.24) is 29.3 Å². The number of aliphatic hydroxyl groups is 1. The summed E-state index contributed by atoms with van der Waals surface area (Å²) in [5, 5.41) is 20.2. The van der Waals surface area contributed by atoms with Crippen LogP contribution >= 0.6 is 11.3 Å². The fourth-order valence-corrected chi connectivity index (χ4v) is 6.06. The van der Waals surface area contributed by atoms with Gasteiger partial charge in [-0.25, -0.2) is 19.6 Å². The predicted octanol–water partition coefficient (Wildman–Crippen LogP) is 5.25. The maximum Gasteiger partial charge on any atom is 0.263 e. The van der Waals surface area contributed by atoms with Crippen LogP contribution in [0.3, 0.4) is 0 Å². The van der Waals surface area contributed by atoms with Gasteiger partial charge in [-0.15, -0.1) is 0 Å². The fourth-order valence-electron chi connectivity index (χ4n) is 5.11. The van der Waals surface area contributed by atoms with Crippen LogP contribution in [0.5, 0.6) is 0 Å². The number of allylic oxidation sites excluding steroid dienone is 3. The molecule has 0 saturated carbocycles. The van der Waals surface area contributed by atoms with Gasteiger partial charge in [0.25, 0.3) is 5.56 Å². The van der Waals surface area contributed by atoms with Gasteiger partial charge in [0.1, 0.15) is 24.1 Å². The first kappa shape index (κ1) is 26.8. The Hall–Kier alpha value is -5.36. The van der Waals surface area contributed by atoms with Gasteiger partial charge >= 0.3 is 0 Å². The Morgan fingerprint density at radius 3 is 2.76 bits per heavy atom. The fraction of sp³-hybridized carbons (Fsp3) is 0.133. The smallest absolute Gasteiger partial charge is 0.263 e. The lowest BCUT2D eigenvalue weighted by atomic mass is 10.1. The van der Waals surface area contributed by atoms with E-state index < -0.39 is 0 Å². The second kappa shape index (κ2) is 10.6. The van der Waals surface area contributed by atoms with Gasteiger partial charge < -0.3 is 16.2 Å². The zero-order chi connectivity index (χ0) is 29.5. The lowest BCUT2D eigenvalue weighted by molar-refractivity contribution is -0.114. The summed E-state index contributed by atoms with van der Waals surface area (Å²) >= 11 is 1.35. The second-order valence-electron chi connectivity index (χ2n) is 9.72. The van der Waals surface area contributed by atoms with Gasteiger partial charge in [-0.1, -0.05) is 41.7 Å². The summed E-state index contributed by atoms with van der Waals surface area (Å²) in [4.78, 5) is 38.5. The molecule has 11 nitrogen and oxygen atoms in total. The van der Waals surface area contributed by atoms with E-state index in [4.69, 9.17) is 10.8 Å². The van der Waals surface area contributed by atoms with E-state index in [1.165, 1.54) is 29.2 Å². The third kappa shape index (κ3) is 4.57. The lowest BCUT2D eigenvalue weighted by Gasteiger charge is -2.16. The number of hydrogen-bond acceptors (Lipinski definition) is 9. The Bertz CT molecular complexity index is 2160. The number of aliphatic hydroxyl groups excluding tert-OH is 1. The Balaban J connectivity index is 1.55. The van der Waals surface area contributed by atoms with Gasteiger partial charge in [0.2, 0.25) is 5.91 Å². The number of hydrogen-bond donors (Lipinski definition) is 3. The molecule has 0 fully saturated rings. The van der Waals surface area contributed by atoms with E-state index >= 15 is 0 Å². The topological polar surface area (TPSA) is 154 Å². The number of pyridine rings is 1. The van der Waals surface area contributed by atoms with E-state index in [-0.39, 0.29) is 23.8 Å². The monoisotopic (exact) mass is 578 g/mol. The largest absolute Gasteiger partial charge is 0.513 e. The SMILES string of the molecule is C/C=C\C(=C/O)n1c(Cn2nc(-c3ccc4nc(NC(C)=O)sc4c3)c3c(N)ncnc32)cc2cccc(C)c2c1=O. The van der Waals surface area contributed by atoms with Gasteiger partial charge in [-0.3, -0.25) is 14.2 Å². The highest BCUT2D eigenvalue weighted by molar-refractivity contribution is 7.22. The molecule has 0 bridgehead atoms. The minimum atomic E-state index is -0.254. The predicted molar refractivity (Wildman–Crippen MR) is 166 cm³/mol. The number of nitrogens with one attached hydrogen (secondary N) is 1. The molecule has 4 N–H and O–H groups in total. The number of fused-ring (bicyclic) bond motifs is 3. The molecule has 42 heavy (non-hydrogen) atoms. The van der Waals surface area contributed by atoms with Gasteiger partial charge in [-0.05, 0) is 49.1 Å². The number of thiazole rings is 1. The number of benzene rings is 2. The number of nitrogen functional groups attached to an aromatic ring is 1. The van der Waals surface area contributed by atoms with E-state index in [1.54, 1.807) is 16.8 Å². The number of aromatic nitrogens is 6. The number of carbonyl (C=O) groups excluding carboxylic acids is 1. The molecule has 12 heteroatoms. The van der Waals surface area contributed by atoms with Crippen LogP contribution in [-0.2, 0) is 11.3 Å². The van der Waals surface area contributed by atoms with Crippen LogP contribution in [0.1, 0.15) is 25.1 Å². The molecule has 0 atom stereocenters. The Labute approximate surface area is 243 Å². The molecule has 6 aromatic rings. The van der Waals surface area contributed by atoms with Crippen LogP contribution in [0, 0.1) is 6.92 Å². The van der Waals surface area contributed by atoms with Crippen molar-refractivity contribution >= 4 is 65.9 Å².